The van der Waals surface area contributed by atoms with Gasteiger partial charge in [-0.25, -0.2) is 0 Å². The van der Waals surface area contributed by atoms with Crippen LogP contribution in [0.15, 0.2) is 18.3 Å². The first-order chi connectivity index (χ1) is 7.70. The minimum Gasteiger partial charge on any atom is -0.384 e. The topological polar surface area (TPSA) is 24.9 Å². The van der Waals surface area contributed by atoms with Crippen molar-refractivity contribution < 1.29 is 0 Å². The van der Waals surface area contributed by atoms with Crippen LogP contribution in [0.2, 0.25) is 0 Å². The van der Waals surface area contributed by atoms with Crippen molar-refractivity contribution in [3.63, 3.8) is 0 Å². The van der Waals surface area contributed by atoms with E-state index in [1.807, 2.05) is 13.1 Å². The van der Waals surface area contributed by atoms with Gasteiger partial charge in [0.15, 0.2) is 0 Å². The van der Waals surface area contributed by atoms with E-state index in [2.05, 4.69) is 36.3 Å². The highest BCUT2D eigenvalue weighted by Gasteiger charge is 2.39. The Morgan fingerprint density at radius 2 is 2.31 bits per heavy atom. The predicted octanol–water partition coefficient (Wildman–Crippen LogP) is 3.48. The molecule has 2 heteroatoms. The second-order valence-electron chi connectivity index (χ2n) is 5.11. The van der Waals surface area contributed by atoms with Crippen LogP contribution in [0.5, 0.6) is 0 Å². The molecular weight excluding hydrogens is 196 g/mol. The van der Waals surface area contributed by atoms with Crippen LogP contribution in [-0.4, -0.2) is 11.5 Å². The zero-order chi connectivity index (χ0) is 11.5. The number of pyridine rings is 1. The maximum absolute atomic E-state index is 4.29. The number of hydrogen-bond donors (Lipinski definition) is 1. The van der Waals surface area contributed by atoms with Gasteiger partial charge in [0.25, 0.3) is 0 Å². The normalized spacial score (nSPS) is 25.2. The summed E-state index contributed by atoms with van der Waals surface area (Å²) in [5.41, 5.74) is 2.23. The van der Waals surface area contributed by atoms with Crippen LogP contribution in [0, 0.1) is 24.7 Å². The molecule has 0 radical (unpaired) electrons. The molecule has 1 N–H and O–H groups in total. The largest absolute Gasteiger partial charge is 0.384 e. The van der Waals surface area contributed by atoms with Crippen molar-refractivity contribution >= 4 is 5.69 Å². The third-order valence-corrected chi connectivity index (χ3v) is 3.83. The first kappa shape index (κ1) is 11.4. The number of aromatic nitrogens is 1. The molecule has 3 atom stereocenters. The van der Waals surface area contributed by atoms with Crippen LogP contribution in [0.4, 0.5) is 5.69 Å². The van der Waals surface area contributed by atoms with E-state index in [4.69, 9.17) is 0 Å². The first-order valence-electron chi connectivity index (χ1n) is 6.37. The molecule has 0 amide bonds. The molecule has 3 unspecified atom stereocenters. The molecule has 16 heavy (non-hydrogen) atoms. The van der Waals surface area contributed by atoms with Crippen molar-refractivity contribution in [2.45, 2.75) is 33.6 Å². The molecule has 0 aliphatic heterocycles. The number of hydrogen-bond acceptors (Lipinski definition) is 2. The Morgan fingerprint density at radius 1 is 1.50 bits per heavy atom. The zero-order valence-electron chi connectivity index (χ0n) is 10.5. The lowest BCUT2D eigenvalue weighted by atomic mass is 10.0. The Morgan fingerprint density at radius 3 is 2.94 bits per heavy atom. The lowest BCUT2D eigenvalue weighted by molar-refractivity contribution is 0.465. The first-order valence-corrected chi connectivity index (χ1v) is 6.37. The van der Waals surface area contributed by atoms with Gasteiger partial charge in [0.05, 0.1) is 11.9 Å². The average Bonchev–Trinajstić information content (AvgIpc) is 3.07. The molecule has 2 rings (SSSR count). The Balaban J connectivity index is 1.75. The molecule has 1 saturated carbocycles. The van der Waals surface area contributed by atoms with E-state index < -0.39 is 0 Å². The van der Waals surface area contributed by atoms with Gasteiger partial charge >= 0.3 is 0 Å². The van der Waals surface area contributed by atoms with Gasteiger partial charge in [-0.2, -0.15) is 0 Å². The van der Waals surface area contributed by atoms with Crippen LogP contribution in [-0.2, 0) is 0 Å². The molecule has 1 aliphatic carbocycles. The lowest BCUT2D eigenvalue weighted by Gasteiger charge is -2.09. The third kappa shape index (κ3) is 2.75. The molecule has 2 nitrogen and oxygen atoms in total. The zero-order valence-corrected chi connectivity index (χ0v) is 10.5. The van der Waals surface area contributed by atoms with Gasteiger partial charge in [-0.1, -0.05) is 20.3 Å². The minimum absolute atomic E-state index is 0.885. The smallest absolute Gasteiger partial charge is 0.0527 e. The Hall–Kier alpha value is -1.05. The molecule has 0 aromatic carbocycles. The van der Waals surface area contributed by atoms with E-state index in [0.717, 1.165) is 35.7 Å². The van der Waals surface area contributed by atoms with E-state index in [1.165, 1.54) is 12.8 Å². The summed E-state index contributed by atoms with van der Waals surface area (Å²) in [5.74, 6) is 2.73. The highest BCUT2D eigenvalue weighted by Crippen LogP contribution is 2.45. The van der Waals surface area contributed by atoms with Gasteiger partial charge in [0.1, 0.15) is 0 Å². The highest BCUT2D eigenvalue weighted by atomic mass is 14.9. The standard InChI is InChI=1S/C14H22N2/c1-4-10(2)14-7-12(14)8-16-13-6-5-11(3)15-9-13/h5-6,9-10,12,14,16H,4,7-8H2,1-3H3. The molecule has 1 aromatic rings. The second-order valence-corrected chi connectivity index (χ2v) is 5.11. The SMILES string of the molecule is CCC(C)C1CC1CNc1ccc(C)nc1. The molecule has 0 saturated heterocycles. The Labute approximate surface area is 98.5 Å². The van der Waals surface area contributed by atoms with Crippen molar-refractivity contribution in [3.8, 4) is 0 Å². The number of aryl methyl sites for hydroxylation is 1. The van der Waals surface area contributed by atoms with Crippen LogP contribution < -0.4 is 5.32 Å². The summed E-state index contributed by atoms with van der Waals surface area (Å²) in [5, 5.41) is 3.48. The van der Waals surface area contributed by atoms with Crippen molar-refractivity contribution in [1.29, 1.82) is 0 Å². The summed E-state index contributed by atoms with van der Waals surface area (Å²) in [6, 6.07) is 4.17. The average molecular weight is 218 g/mol. The summed E-state index contributed by atoms with van der Waals surface area (Å²) < 4.78 is 0. The van der Waals surface area contributed by atoms with Gasteiger partial charge < -0.3 is 5.32 Å². The fourth-order valence-electron chi connectivity index (χ4n) is 2.33. The second kappa shape index (κ2) is 4.86. The van der Waals surface area contributed by atoms with Crippen molar-refractivity contribution in [3.05, 3.63) is 24.0 Å². The monoisotopic (exact) mass is 218 g/mol. The van der Waals surface area contributed by atoms with E-state index in [1.54, 1.807) is 0 Å². The molecule has 0 spiro atoms. The Bertz CT molecular complexity index is 331. The van der Waals surface area contributed by atoms with E-state index in [-0.39, 0.29) is 0 Å². The number of nitrogens with one attached hydrogen (secondary N) is 1. The summed E-state index contributed by atoms with van der Waals surface area (Å²) in [7, 11) is 0. The van der Waals surface area contributed by atoms with Gasteiger partial charge in [0.2, 0.25) is 0 Å². The van der Waals surface area contributed by atoms with Crippen LogP contribution >= 0.6 is 0 Å². The van der Waals surface area contributed by atoms with Crippen LogP contribution in [0.3, 0.4) is 0 Å². The van der Waals surface area contributed by atoms with Crippen molar-refractivity contribution in [1.82, 2.24) is 4.98 Å². The molecule has 1 fully saturated rings. The van der Waals surface area contributed by atoms with Crippen molar-refractivity contribution in [2.24, 2.45) is 17.8 Å². The molecule has 1 aromatic heterocycles. The predicted molar refractivity (Wildman–Crippen MR) is 68.5 cm³/mol. The van der Waals surface area contributed by atoms with Gasteiger partial charge in [0, 0.05) is 12.2 Å². The quantitative estimate of drug-likeness (QED) is 0.818. The van der Waals surface area contributed by atoms with Gasteiger partial charge in [-0.3, -0.25) is 4.98 Å². The molecule has 1 heterocycles. The summed E-state index contributed by atoms with van der Waals surface area (Å²) in [4.78, 5) is 4.29. The lowest BCUT2D eigenvalue weighted by Crippen LogP contribution is -2.07. The third-order valence-electron chi connectivity index (χ3n) is 3.83. The summed E-state index contributed by atoms with van der Waals surface area (Å²) in [6.07, 6.45) is 4.64. The maximum atomic E-state index is 4.29. The molecule has 1 aliphatic rings. The number of nitrogens with zero attached hydrogens (tertiary/aromatic N) is 1. The van der Waals surface area contributed by atoms with E-state index >= 15 is 0 Å². The number of anilines is 1. The van der Waals surface area contributed by atoms with E-state index in [0.29, 0.717) is 0 Å². The number of rotatable bonds is 5. The van der Waals surface area contributed by atoms with Gasteiger partial charge in [-0.05, 0) is 43.2 Å². The summed E-state index contributed by atoms with van der Waals surface area (Å²) >= 11 is 0. The highest BCUT2D eigenvalue weighted by molar-refractivity contribution is 5.41. The fraction of sp³-hybridized carbons (Fsp3) is 0.643. The van der Waals surface area contributed by atoms with Crippen LogP contribution in [0.1, 0.15) is 32.4 Å². The molecular formula is C14H22N2. The fourth-order valence-corrected chi connectivity index (χ4v) is 2.33. The molecule has 0 bridgehead atoms. The molecule has 88 valence electrons. The minimum atomic E-state index is 0.885. The maximum Gasteiger partial charge on any atom is 0.0527 e. The summed E-state index contributed by atoms with van der Waals surface area (Å²) in [6.45, 7) is 7.79. The van der Waals surface area contributed by atoms with Gasteiger partial charge in [-0.15, -0.1) is 0 Å². The van der Waals surface area contributed by atoms with E-state index in [9.17, 15) is 0 Å². The Kier molecular flexibility index (Phi) is 3.47. The van der Waals surface area contributed by atoms with Crippen molar-refractivity contribution in [2.75, 3.05) is 11.9 Å². The van der Waals surface area contributed by atoms with Crippen LogP contribution in [0.25, 0.3) is 0 Å².